The topological polar surface area (TPSA) is 68.7 Å². The summed E-state index contributed by atoms with van der Waals surface area (Å²) in [5, 5.41) is 0.775. The zero-order valence-electron chi connectivity index (χ0n) is 17.1. The molecule has 6 heteroatoms. The number of esters is 1. The van der Waals surface area contributed by atoms with Gasteiger partial charge in [0.2, 0.25) is 0 Å². The molecule has 0 fully saturated rings. The second-order valence-corrected chi connectivity index (χ2v) is 7.16. The zero-order chi connectivity index (χ0) is 20.3. The molecule has 0 aliphatic heterocycles. The first-order chi connectivity index (χ1) is 12.6. The van der Waals surface area contributed by atoms with Crippen LogP contribution in [0.15, 0.2) is 24.3 Å². The summed E-state index contributed by atoms with van der Waals surface area (Å²) in [7, 11) is 1.58. The van der Waals surface area contributed by atoms with Crippen molar-refractivity contribution in [2.75, 3.05) is 7.11 Å². The molecule has 146 valence electrons. The molecule has 6 nitrogen and oxygen atoms in total. The molecule has 1 aromatic heterocycles. The lowest BCUT2D eigenvalue weighted by Gasteiger charge is -2.32. The fraction of sp³-hybridized carbons (Fsp3) is 0.476. The molecule has 0 aliphatic rings. The smallest absolute Gasteiger partial charge is 0.340 e. The summed E-state index contributed by atoms with van der Waals surface area (Å²) < 4.78 is 10.7. The third kappa shape index (κ3) is 4.56. The molecule has 27 heavy (non-hydrogen) atoms. The highest BCUT2D eigenvalue weighted by Gasteiger charge is 2.28. The maximum absolute atomic E-state index is 12.7. The van der Waals surface area contributed by atoms with E-state index in [1.165, 1.54) is 0 Å². The first-order valence-electron chi connectivity index (χ1n) is 9.14. The van der Waals surface area contributed by atoms with Gasteiger partial charge in [0, 0.05) is 17.5 Å². The first-order valence-corrected chi connectivity index (χ1v) is 9.14. The van der Waals surface area contributed by atoms with Gasteiger partial charge in [-0.05, 0) is 65.8 Å². The van der Waals surface area contributed by atoms with Crippen LogP contribution in [0.4, 0.5) is 0 Å². The number of hydrogen-bond acceptors (Lipinski definition) is 5. The van der Waals surface area contributed by atoms with Gasteiger partial charge in [0.15, 0.2) is 6.10 Å². The normalized spacial score (nSPS) is 12.3. The highest BCUT2D eigenvalue weighted by atomic mass is 16.5. The lowest BCUT2D eigenvalue weighted by molar-refractivity contribution is -0.143. The molecular formula is C21H28N2O4. The first kappa shape index (κ1) is 20.7. The van der Waals surface area contributed by atoms with Gasteiger partial charge >= 0.3 is 5.97 Å². The Bertz CT molecular complexity index is 837. The van der Waals surface area contributed by atoms with Crippen LogP contribution < -0.4 is 4.74 Å². The summed E-state index contributed by atoms with van der Waals surface area (Å²) in [4.78, 5) is 31.5. The lowest BCUT2D eigenvalue weighted by Crippen LogP contribution is -2.47. The average molecular weight is 372 g/mol. The van der Waals surface area contributed by atoms with E-state index in [9.17, 15) is 9.59 Å². The van der Waals surface area contributed by atoms with Gasteiger partial charge < -0.3 is 14.4 Å². The van der Waals surface area contributed by atoms with Gasteiger partial charge in [-0.3, -0.25) is 9.78 Å². The molecule has 2 aromatic rings. The summed E-state index contributed by atoms with van der Waals surface area (Å²) in [6, 6.07) is 7.24. The van der Waals surface area contributed by atoms with Crippen molar-refractivity contribution in [2.45, 2.75) is 59.7 Å². The standard InChI is InChI=1S/C21H28N2O4/c1-12(2)23(13(3)4)20(24)15(6)27-21(25)18-11-16-10-17(26-7)8-9-19(16)22-14(18)5/h8-13,15H,1-7H3. The van der Waals surface area contributed by atoms with Crippen LogP contribution in [0.2, 0.25) is 0 Å². The van der Waals surface area contributed by atoms with Crippen LogP contribution in [0.1, 0.15) is 50.7 Å². The van der Waals surface area contributed by atoms with Crippen LogP contribution in [0.5, 0.6) is 5.75 Å². The molecule has 0 N–H and O–H groups in total. The van der Waals surface area contributed by atoms with E-state index >= 15 is 0 Å². The fourth-order valence-electron chi connectivity index (χ4n) is 3.17. The van der Waals surface area contributed by atoms with Crippen LogP contribution in [0.3, 0.4) is 0 Å². The van der Waals surface area contributed by atoms with Crippen LogP contribution in [0, 0.1) is 6.92 Å². The summed E-state index contributed by atoms with van der Waals surface area (Å²) >= 11 is 0. The molecular weight excluding hydrogens is 344 g/mol. The number of carbonyl (C=O) groups excluding carboxylic acids is 2. The van der Waals surface area contributed by atoms with E-state index in [0.717, 1.165) is 10.9 Å². The van der Waals surface area contributed by atoms with E-state index in [2.05, 4.69) is 4.98 Å². The van der Waals surface area contributed by atoms with Crippen LogP contribution in [-0.2, 0) is 9.53 Å². The maximum Gasteiger partial charge on any atom is 0.340 e. The van der Waals surface area contributed by atoms with Gasteiger partial charge in [0.25, 0.3) is 5.91 Å². The van der Waals surface area contributed by atoms with E-state index in [0.29, 0.717) is 17.0 Å². The third-order valence-corrected chi connectivity index (χ3v) is 4.43. The Kier molecular flexibility index (Phi) is 6.41. The van der Waals surface area contributed by atoms with Crippen LogP contribution in [0.25, 0.3) is 10.9 Å². The molecule has 0 radical (unpaired) electrons. The fourth-order valence-corrected chi connectivity index (χ4v) is 3.17. The van der Waals surface area contributed by atoms with Crippen molar-refractivity contribution >= 4 is 22.8 Å². The molecule has 0 saturated heterocycles. The monoisotopic (exact) mass is 372 g/mol. The van der Waals surface area contributed by atoms with Gasteiger partial charge in [0.1, 0.15) is 5.75 Å². The largest absolute Gasteiger partial charge is 0.497 e. The zero-order valence-corrected chi connectivity index (χ0v) is 17.1. The number of hydrogen-bond donors (Lipinski definition) is 0. The molecule has 0 saturated carbocycles. The Labute approximate surface area is 160 Å². The molecule has 0 spiro atoms. The predicted octanol–water partition coefficient (Wildman–Crippen LogP) is 3.74. The number of benzene rings is 1. The van der Waals surface area contributed by atoms with E-state index < -0.39 is 12.1 Å². The summed E-state index contributed by atoms with van der Waals surface area (Å²) in [6.45, 7) is 11.1. The molecule has 0 bridgehead atoms. The number of amides is 1. The minimum Gasteiger partial charge on any atom is -0.497 e. The molecule has 1 atom stereocenters. The maximum atomic E-state index is 12.7. The highest BCUT2D eigenvalue weighted by molar-refractivity contribution is 5.97. The minimum absolute atomic E-state index is 0.0233. The summed E-state index contributed by atoms with van der Waals surface area (Å²) in [5.41, 5.74) is 1.66. The number of carbonyl (C=O) groups is 2. The van der Waals surface area contributed by atoms with Gasteiger partial charge in [0.05, 0.1) is 23.9 Å². The Morgan fingerprint density at radius 1 is 1.04 bits per heavy atom. The van der Waals surface area contributed by atoms with Gasteiger partial charge in [-0.2, -0.15) is 0 Å². The van der Waals surface area contributed by atoms with Gasteiger partial charge in [-0.15, -0.1) is 0 Å². The lowest BCUT2D eigenvalue weighted by atomic mass is 10.1. The number of fused-ring (bicyclic) bond motifs is 1. The number of ether oxygens (including phenoxy) is 2. The van der Waals surface area contributed by atoms with E-state index in [4.69, 9.17) is 9.47 Å². The van der Waals surface area contributed by atoms with E-state index in [-0.39, 0.29) is 18.0 Å². The summed E-state index contributed by atoms with van der Waals surface area (Å²) in [6.07, 6.45) is -0.872. The number of pyridine rings is 1. The minimum atomic E-state index is -0.872. The van der Waals surface area contributed by atoms with Crippen molar-refractivity contribution in [3.63, 3.8) is 0 Å². The van der Waals surface area contributed by atoms with Crippen molar-refractivity contribution < 1.29 is 19.1 Å². The number of nitrogens with zero attached hydrogens (tertiary/aromatic N) is 2. The molecule has 1 amide bonds. The number of aromatic nitrogens is 1. The van der Waals surface area contributed by atoms with Gasteiger partial charge in [-0.25, -0.2) is 4.79 Å². The van der Waals surface area contributed by atoms with E-state index in [1.807, 2.05) is 45.9 Å². The molecule has 1 unspecified atom stereocenters. The van der Waals surface area contributed by atoms with Crippen molar-refractivity contribution in [1.29, 1.82) is 0 Å². The Balaban J connectivity index is 2.26. The molecule has 1 aromatic carbocycles. The van der Waals surface area contributed by atoms with Crippen molar-refractivity contribution in [3.8, 4) is 5.75 Å². The van der Waals surface area contributed by atoms with Crippen LogP contribution in [-0.4, -0.2) is 47.1 Å². The Morgan fingerprint density at radius 3 is 2.22 bits per heavy atom. The Hall–Kier alpha value is -2.63. The van der Waals surface area contributed by atoms with Crippen molar-refractivity contribution in [2.24, 2.45) is 0 Å². The van der Waals surface area contributed by atoms with E-state index in [1.54, 1.807) is 31.9 Å². The molecule has 1 heterocycles. The van der Waals surface area contributed by atoms with Crippen molar-refractivity contribution in [1.82, 2.24) is 9.88 Å². The quantitative estimate of drug-likeness (QED) is 0.723. The van der Waals surface area contributed by atoms with Crippen LogP contribution >= 0.6 is 0 Å². The highest BCUT2D eigenvalue weighted by Crippen LogP contribution is 2.23. The second kappa shape index (κ2) is 8.37. The van der Waals surface area contributed by atoms with Crippen molar-refractivity contribution in [3.05, 3.63) is 35.5 Å². The third-order valence-electron chi connectivity index (χ3n) is 4.43. The molecule has 2 rings (SSSR count). The SMILES string of the molecule is COc1ccc2nc(C)c(C(=O)OC(C)C(=O)N(C(C)C)C(C)C)cc2c1. The molecule has 0 aliphatic carbocycles. The number of aryl methyl sites for hydroxylation is 1. The average Bonchev–Trinajstić information content (AvgIpc) is 2.59. The number of methoxy groups -OCH3 is 1. The second-order valence-electron chi connectivity index (χ2n) is 7.16. The number of rotatable bonds is 6. The Morgan fingerprint density at radius 2 is 1.67 bits per heavy atom. The van der Waals surface area contributed by atoms with Gasteiger partial charge in [-0.1, -0.05) is 0 Å². The summed E-state index contributed by atoms with van der Waals surface area (Å²) in [5.74, 6) is -0.0834. The predicted molar refractivity (Wildman–Crippen MR) is 105 cm³/mol.